The van der Waals surface area contributed by atoms with E-state index in [-0.39, 0.29) is 30.3 Å². The van der Waals surface area contributed by atoms with Crippen molar-refractivity contribution >= 4 is 11.9 Å². The first kappa shape index (κ1) is 24.7. The molecule has 0 unspecified atom stereocenters. The second-order valence-electron chi connectivity index (χ2n) is 8.56. The van der Waals surface area contributed by atoms with E-state index in [1.54, 1.807) is 24.3 Å². The third kappa shape index (κ3) is 6.30. The molecule has 1 amide bonds. The van der Waals surface area contributed by atoms with E-state index in [1.807, 2.05) is 13.8 Å². The molecule has 0 aromatic heterocycles. The number of nitrogens with one attached hydrogen (secondary N) is 1. The van der Waals surface area contributed by atoms with Gasteiger partial charge in [-0.2, -0.15) is 0 Å². The van der Waals surface area contributed by atoms with Crippen LogP contribution in [-0.2, 0) is 9.53 Å². The van der Waals surface area contributed by atoms with Gasteiger partial charge in [-0.25, -0.2) is 9.18 Å². The normalized spacial score (nSPS) is 22.5. The number of ether oxygens (including phenoxy) is 2. The number of carboxylic acid groups (broad SMARTS) is 1. The van der Waals surface area contributed by atoms with Gasteiger partial charge < -0.3 is 25.0 Å². The van der Waals surface area contributed by atoms with E-state index in [0.717, 1.165) is 12.0 Å². The summed E-state index contributed by atoms with van der Waals surface area (Å²) in [6, 6.07) is 10.6. The van der Waals surface area contributed by atoms with Crippen LogP contribution < -0.4 is 10.1 Å². The van der Waals surface area contributed by atoms with Gasteiger partial charge in [0.15, 0.2) is 0 Å². The van der Waals surface area contributed by atoms with Crippen LogP contribution >= 0.6 is 0 Å². The topological polar surface area (TPSA) is 105 Å². The lowest BCUT2D eigenvalue weighted by Gasteiger charge is -2.43. The number of benzene rings is 2. The van der Waals surface area contributed by atoms with Crippen LogP contribution in [0.4, 0.5) is 4.39 Å². The third-order valence-corrected chi connectivity index (χ3v) is 5.69. The van der Waals surface area contributed by atoms with E-state index in [1.165, 1.54) is 18.2 Å². The Hall–Kier alpha value is -2.97. The van der Waals surface area contributed by atoms with E-state index >= 15 is 0 Å². The van der Waals surface area contributed by atoms with Crippen LogP contribution in [0.15, 0.2) is 42.5 Å². The van der Waals surface area contributed by atoms with Crippen molar-refractivity contribution in [2.75, 3.05) is 13.2 Å². The number of carbonyl (C=O) groups excluding carboxylic acids is 1. The fourth-order valence-corrected chi connectivity index (χ4v) is 4.13. The number of aliphatic hydroxyl groups is 1. The summed E-state index contributed by atoms with van der Waals surface area (Å²) in [5.41, 5.74) is 0.717. The average Bonchev–Trinajstić information content (AvgIpc) is 2.77. The molecule has 7 nitrogen and oxygen atoms in total. The molecule has 2 aromatic carbocycles. The van der Waals surface area contributed by atoms with Gasteiger partial charge in [-0.15, -0.1) is 0 Å². The summed E-state index contributed by atoms with van der Waals surface area (Å²) in [7, 11) is 0. The van der Waals surface area contributed by atoms with Crippen molar-refractivity contribution in [2.24, 2.45) is 0 Å². The van der Waals surface area contributed by atoms with Gasteiger partial charge in [-0.1, -0.05) is 19.1 Å². The van der Waals surface area contributed by atoms with Gasteiger partial charge in [0.1, 0.15) is 11.6 Å². The van der Waals surface area contributed by atoms with Crippen molar-refractivity contribution in [3.8, 4) is 5.75 Å². The molecular formula is C25H30FNO6. The molecule has 3 N–H and O–H groups in total. The van der Waals surface area contributed by atoms with E-state index in [0.29, 0.717) is 30.8 Å². The summed E-state index contributed by atoms with van der Waals surface area (Å²) in [6.45, 7) is 4.06. The third-order valence-electron chi connectivity index (χ3n) is 5.69. The summed E-state index contributed by atoms with van der Waals surface area (Å²) in [4.78, 5) is 24.0. The van der Waals surface area contributed by atoms with Crippen LogP contribution in [-0.4, -0.2) is 40.8 Å². The standard InChI is InChI=1S/C25H30FNO6/c1-3-12-32-20-9-6-17(24(30)31)13-19(20)22-15-25(2,27-23(29)10-11-28)14-21(33-22)16-4-7-18(26)8-5-16/h4-9,13,21-22,28H,3,10-12,14-15H2,1-2H3,(H,27,29)(H,30,31)/t21-,22+,25+/m0/s1. The van der Waals surface area contributed by atoms with Gasteiger partial charge in [0.25, 0.3) is 0 Å². The summed E-state index contributed by atoms with van der Waals surface area (Å²) in [6.07, 6.45) is 0.486. The molecule has 1 fully saturated rings. The predicted molar refractivity (Wildman–Crippen MR) is 120 cm³/mol. The first-order valence-electron chi connectivity index (χ1n) is 11.1. The van der Waals surface area contributed by atoms with Gasteiger partial charge in [0.05, 0.1) is 31.0 Å². The number of aliphatic hydroxyl groups excluding tert-OH is 1. The Morgan fingerprint density at radius 3 is 2.52 bits per heavy atom. The van der Waals surface area contributed by atoms with Gasteiger partial charge >= 0.3 is 5.97 Å². The lowest BCUT2D eigenvalue weighted by molar-refractivity contribution is -0.129. The van der Waals surface area contributed by atoms with Crippen molar-refractivity contribution in [2.45, 2.75) is 57.3 Å². The number of carboxylic acids is 1. The Balaban J connectivity index is 2.01. The summed E-state index contributed by atoms with van der Waals surface area (Å²) < 4.78 is 25.8. The number of rotatable bonds is 9. The minimum atomic E-state index is -1.07. The molecule has 0 aliphatic carbocycles. The SMILES string of the molecule is CCCOc1ccc(C(=O)O)cc1[C@H]1C[C@](C)(NC(=O)CCO)C[C@@H](c2ccc(F)cc2)O1. The van der Waals surface area contributed by atoms with E-state index in [9.17, 15) is 19.1 Å². The molecule has 0 saturated carbocycles. The minimum absolute atomic E-state index is 0.0261. The monoisotopic (exact) mass is 459 g/mol. The summed E-state index contributed by atoms with van der Waals surface area (Å²) in [5, 5.41) is 21.7. The van der Waals surface area contributed by atoms with Crippen molar-refractivity contribution in [3.05, 3.63) is 65.0 Å². The van der Waals surface area contributed by atoms with E-state index in [4.69, 9.17) is 14.6 Å². The number of hydrogen-bond donors (Lipinski definition) is 3. The predicted octanol–water partition coefficient (Wildman–Crippen LogP) is 4.16. The molecule has 0 radical (unpaired) electrons. The van der Waals surface area contributed by atoms with E-state index < -0.39 is 23.7 Å². The fourth-order valence-electron chi connectivity index (χ4n) is 4.13. The summed E-state index contributed by atoms with van der Waals surface area (Å²) in [5.74, 6) is -1.20. The lowest BCUT2D eigenvalue weighted by atomic mass is 9.81. The maximum atomic E-state index is 13.5. The van der Waals surface area contributed by atoms with Crippen molar-refractivity contribution in [1.29, 1.82) is 0 Å². The lowest BCUT2D eigenvalue weighted by Crippen LogP contribution is -2.51. The number of amides is 1. The van der Waals surface area contributed by atoms with E-state index in [2.05, 4.69) is 5.32 Å². The number of halogens is 1. The quantitative estimate of drug-likeness (QED) is 0.520. The van der Waals surface area contributed by atoms with Crippen LogP contribution in [0, 0.1) is 5.82 Å². The van der Waals surface area contributed by atoms with Crippen LogP contribution in [0.3, 0.4) is 0 Å². The minimum Gasteiger partial charge on any atom is -0.493 e. The Morgan fingerprint density at radius 1 is 1.18 bits per heavy atom. The van der Waals surface area contributed by atoms with Gasteiger partial charge in [-0.3, -0.25) is 4.79 Å². The molecule has 2 aromatic rings. The first-order chi connectivity index (χ1) is 15.7. The highest BCUT2D eigenvalue weighted by Crippen LogP contribution is 2.46. The van der Waals surface area contributed by atoms with Gasteiger partial charge in [0.2, 0.25) is 5.91 Å². The average molecular weight is 460 g/mol. The molecule has 1 aliphatic heterocycles. The van der Waals surface area contributed by atoms with Crippen LogP contribution in [0.25, 0.3) is 0 Å². The van der Waals surface area contributed by atoms with Crippen molar-refractivity contribution in [1.82, 2.24) is 5.32 Å². The second kappa shape index (κ2) is 10.8. The zero-order chi connectivity index (χ0) is 24.0. The number of hydrogen-bond acceptors (Lipinski definition) is 5. The second-order valence-corrected chi connectivity index (χ2v) is 8.56. The number of carbonyl (C=O) groups is 2. The Kier molecular flexibility index (Phi) is 8.05. The van der Waals surface area contributed by atoms with Crippen molar-refractivity contribution in [3.63, 3.8) is 0 Å². The smallest absolute Gasteiger partial charge is 0.335 e. The largest absolute Gasteiger partial charge is 0.493 e. The molecule has 3 rings (SSSR count). The maximum Gasteiger partial charge on any atom is 0.335 e. The molecule has 1 heterocycles. The van der Waals surface area contributed by atoms with Gasteiger partial charge in [-0.05, 0) is 49.2 Å². The molecule has 178 valence electrons. The molecule has 1 saturated heterocycles. The molecule has 0 spiro atoms. The fraction of sp³-hybridized carbons (Fsp3) is 0.440. The molecule has 3 atom stereocenters. The van der Waals surface area contributed by atoms with Crippen molar-refractivity contribution < 1.29 is 33.7 Å². The maximum absolute atomic E-state index is 13.5. The molecule has 8 heteroatoms. The van der Waals surface area contributed by atoms with Crippen LogP contribution in [0.1, 0.15) is 73.2 Å². The summed E-state index contributed by atoms with van der Waals surface area (Å²) >= 11 is 0. The van der Waals surface area contributed by atoms with Gasteiger partial charge in [0, 0.05) is 30.4 Å². The molecule has 0 bridgehead atoms. The van der Waals surface area contributed by atoms with Crippen LogP contribution in [0.2, 0.25) is 0 Å². The molecule has 1 aliphatic rings. The Labute approximate surface area is 192 Å². The molecule has 33 heavy (non-hydrogen) atoms. The first-order valence-corrected chi connectivity index (χ1v) is 11.1. The zero-order valence-corrected chi connectivity index (χ0v) is 18.8. The zero-order valence-electron chi connectivity index (χ0n) is 18.8. The number of aromatic carboxylic acids is 1. The Morgan fingerprint density at radius 2 is 1.88 bits per heavy atom. The molecular weight excluding hydrogens is 429 g/mol. The Bertz CT molecular complexity index is 979. The highest BCUT2D eigenvalue weighted by atomic mass is 19.1. The highest BCUT2D eigenvalue weighted by molar-refractivity contribution is 5.88. The van der Waals surface area contributed by atoms with Crippen LogP contribution in [0.5, 0.6) is 5.75 Å². The highest BCUT2D eigenvalue weighted by Gasteiger charge is 2.41.